The number of aromatic carboxylic acids is 1. The molecule has 2 heterocycles. The number of benzene rings is 1. The number of nitrogens with zero attached hydrogens (tertiary/aromatic N) is 3. The number of carboxylic acid groups (broad SMARTS) is 1. The fourth-order valence-corrected chi connectivity index (χ4v) is 2.94. The molecule has 2 aromatic heterocycles. The van der Waals surface area contributed by atoms with Crippen LogP contribution in [0.15, 0.2) is 30.6 Å². The molecule has 3 aromatic rings. The molecule has 0 radical (unpaired) electrons. The first-order valence-electron chi connectivity index (χ1n) is 6.84. The van der Waals surface area contributed by atoms with Crippen molar-refractivity contribution in [2.24, 2.45) is 0 Å². The van der Waals surface area contributed by atoms with Gasteiger partial charge in [0.2, 0.25) is 0 Å². The minimum atomic E-state index is -1.36. The van der Waals surface area contributed by atoms with Crippen LogP contribution in [0.3, 0.4) is 0 Å². The van der Waals surface area contributed by atoms with Gasteiger partial charge in [0.05, 0.1) is 22.9 Å². The zero-order valence-electron chi connectivity index (χ0n) is 12.7. The number of anilines is 1. The minimum absolute atomic E-state index is 0.240. The smallest absolute Gasteiger partial charge is 0.356 e. The molecule has 0 aliphatic carbocycles. The average molecular weight is 358 g/mol. The fourth-order valence-electron chi connectivity index (χ4n) is 2.04. The lowest BCUT2D eigenvalue weighted by Gasteiger charge is -2.02. The quantitative estimate of drug-likeness (QED) is 0.675. The normalized spacial score (nSPS) is 10.4. The van der Waals surface area contributed by atoms with Crippen molar-refractivity contribution in [2.75, 3.05) is 12.4 Å². The molecule has 0 aliphatic rings. The predicted octanol–water partition coefficient (Wildman–Crippen LogP) is 1.82. The molecule has 2 N–H and O–H groups in total. The molecule has 9 nitrogen and oxygen atoms in total. The number of carbonyl (C=O) groups excluding carboxylic acids is 2. The van der Waals surface area contributed by atoms with E-state index in [4.69, 9.17) is 5.11 Å². The van der Waals surface area contributed by atoms with Crippen molar-refractivity contribution >= 4 is 44.5 Å². The summed E-state index contributed by atoms with van der Waals surface area (Å²) in [5, 5.41) is 11.8. The summed E-state index contributed by atoms with van der Waals surface area (Å²) in [6, 6.07) is 4.78. The molecule has 1 amide bonds. The number of nitrogens with one attached hydrogen (secondary N) is 1. The van der Waals surface area contributed by atoms with E-state index in [-0.39, 0.29) is 10.8 Å². The summed E-state index contributed by atoms with van der Waals surface area (Å²) >= 11 is 1.13. The molecule has 25 heavy (non-hydrogen) atoms. The number of carbonyl (C=O) groups is 3. The number of fused-ring (bicyclic) bond motifs is 1. The van der Waals surface area contributed by atoms with Crippen molar-refractivity contribution in [3.8, 4) is 0 Å². The first kappa shape index (κ1) is 16.5. The Balaban J connectivity index is 1.89. The summed E-state index contributed by atoms with van der Waals surface area (Å²) in [6.07, 6.45) is 2.41. The van der Waals surface area contributed by atoms with Crippen molar-refractivity contribution in [3.05, 3.63) is 47.5 Å². The molecule has 0 saturated carbocycles. The lowest BCUT2D eigenvalue weighted by molar-refractivity contribution is 0.0600. The third-order valence-corrected chi connectivity index (χ3v) is 4.08. The summed E-state index contributed by atoms with van der Waals surface area (Å²) in [5.74, 6) is -2.57. The van der Waals surface area contributed by atoms with Crippen molar-refractivity contribution in [2.45, 2.75) is 0 Å². The van der Waals surface area contributed by atoms with Gasteiger partial charge in [-0.25, -0.2) is 24.5 Å². The lowest BCUT2D eigenvalue weighted by atomic mass is 10.2. The van der Waals surface area contributed by atoms with Crippen molar-refractivity contribution < 1.29 is 24.2 Å². The van der Waals surface area contributed by atoms with E-state index in [2.05, 4.69) is 25.0 Å². The van der Waals surface area contributed by atoms with Crippen LogP contribution in [0, 0.1) is 0 Å². The van der Waals surface area contributed by atoms with Gasteiger partial charge in [-0.15, -0.1) is 0 Å². The maximum absolute atomic E-state index is 12.3. The molecule has 3 rings (SSSR count). The van der Waals surface area contributed by atoms with E-state index in [0.29, 0.717) is 15.8 Å². The van der Waals surface area contributed by atoms with Gasteiger partial charge >= 0.3 is 11.9 Å². The van der Waals surface area contributed by atoms with Gasteiger partial charge in [-0.3, -0.25) is 10.1 Å². The number of thiazole rings is 1. The van der Waals surface area contributed by atoms with Crippen LogP contribution < -0.4 is 5.32 Å². The van der Waals surface area contributed by atoms with Gasteiger partial charge in [0.1, 0.15) is 0 Å². The van der Waals surface area contributed by atoms with Gasteiger partial charge in [0.15, 0.2) is 16.5 Å². The van der Waals surface area contributed by atoms with Gasteiger partial charge in [0.25, 0.3) is 5.91 Å². The Labute approximate surface area is 144 Å². The number of methoxy groups -OCH3 is 1. The van der Waals surface area contributed by atoms with Crippen LogP contribution in [0.1, 0.15) is 31.3 Å². The molecule has 10 heteroatoms. The highest BCUT2D eigenvalue weighted by Gasteiger charge is 2.20. The molecule has 0 fully saturated rings. The highest BCUT2D eigenvalue weighted by Crippen LogP contribution is 2.27. The molecule has 1 aromatic carbocycles. The molecular weight excluding hydrogens is 348 g/mol. The first-order valence-corrected chi connectivity index (χ1v) is 7.66. The summed E-state index contributed by atoms with van der Waals surface area (Å²) < 4.78 is 5.32. The number of amides is 1. The third kappa shape index (κ3) is 3.28. The van der Waals surface area contributed by atoms with E-state index in [9.17, 15) is 14.4 Å². The molecule has 0 aliphatic heterocycles. The van der Waals surface area contributed by atoms with Gasteiger partial charge in [-0.05, 0) is 18.2 Å². The molecular formula is C15H10N4O5S. The van der Waals surface area contributed by atoms with E-state index in [1.54, 1.807) is 18.2 Å². The van der Waals surface area contributed by atoms with E-state index < -0.39 is 23.5 Å². The number of aromatic nitrogens is 3. The molecule has 126 valence electrons. The predicted molar refractivity (Wildman–Crippen MR) is 87.9 cm³/mol. The van der Waals surface area contributed by atoms with Crippen LogP contribution in [0.4, 0.5) is 5.13 Å². The van der Waals surface area contributed by atoms with E-state index >= 15 is 0 Å². The van der Waals surface area contributed by atoms with Crippen LogP contribution in [0.5, 0.6) is 0 Å². The zero-order valence-corrected chi connectivity index (χ0v) is 13.5. The molecule has 0 bridgehead atoms. The maximum Gasteiger partial charge on any atom is 0.356 e. The molecule has 0 atom stereocenters. The number of hydrogen-bond donors (Lipinski definition) is 2. The second-order valence-electron chi connectivity index (χ2n) is 4.71. The Kier molecular flexibility index (Phi) is 4.35. The van der Waals surface area contributed by atoms with Gasteiger partial charge in [0, 0.05) is 12.4 Å². The summed E-state index contributed by atoms with van der Waals surface area (Å²) in [5.41, 5.74) is 0.169. The summed E-state index contributed by atoms with van der Waals surface area (Å²) in [4.78, 5) is 46.5. The third-order valence-electron chi connectivity index (χ3n) is 3.15. The molecule has 0 unspecified atom stereocenters. The maximum atomic E-state index is 12.3. The minimum Gasteiger partial charge on any atom is -0.476 e. The summed E-state index contributed by atoms with van der Waals surface area (Å²) in [7, 11) is 1.28. The number of hydrogen-bond acceptors (Lipinski definition) is 8. The van der Waals surface area contributed by atoms with Gasteiger partial charge in [-0.1, -0.05) is 11.3 Å². The lowest BCUT2D eigenvalue weighted by Crippen LogP contribution is -2.19. The SMILES string of the molecule is COC(=O)c1ccc2nc(NC(=O)c3nccnc3C(=O)O)sc2c1. The van der Waals surface area contributed by atoms with Crippen LogP contribution in [-0.2, 0) is 4.74 Å². The number of esters is 1. The second kappa shape index (κ2) is 6.61. The van der Waals surface area contributed by atoms with Gasteiger partial charge in [-0.2, -0.15) is 0 Å². The standard InChI is InChI=1S/C15H10N4O5S/c1-24-14(23)7-2-3-8-9(6-7)25-15(18-8)19-12(20)10-11(13(21)22)17-5-4-16-10/h2-6H,1H3,(H,21,22)(H,18,19,20). The van der Waals surface area contributed by atoms with Crippen LogP contribution >= 0.6 is 11.3 Å². The molecule has 0 saturated heterocycles. The Morgan fingerprint density at radius 2 is 1.88 bits per heavy atom. The van der Waals surface area contributed by atoms with E-state index in [1.807, 2.05) is 0 Å². The monoisotopic (exact) mass is 358 g/mol. The fraction of sp³-hybridized carbons (Fsp3) is 0.0667. The van der Waals surface area contributed by atoms with Crippen LogP contribution in [0.25, 0.3) is 10.2 Å². The van der Waals surface area contributed by atoms with Gasteiger partial charge < -0.3 is 9.84 Å². The highest BCUT2D eigenvalue weighted by molar-refractivity contribution is 7.22. The van der Waals surface area contributed by atoms with Crippen molar-refractivity contribution in [1.29, 1.82) is 0 Å². The highest BCUT2D eigenvalue weighted by atomic mass is 32.1. The number of rotatable bonds is 4. The van der Waals surface area contributed by atoms with Crippen molar-refractivity contribution in [1.82, 2.24) is 15.0 Å². The summed E-state index contributed by atoms with van der Waals surface area (Å²) in [6.45, 7) is 0. The first-order chi connectivity index (χ1) is 12.0. The Morgan fingerprint density at radius 3 is 2.56 bits per heavy atom. The topological polar surface area (TPSA) is 131 Å². The number of carboxylic acids is 1. The largest absolute Gasteiger partial charge is 0.476 e. The number of ether oxygens (including phenoxy) is 1. The average Bonchev–Trinajstić information content (AvgIpc) is 3.02. The van der Waals surface area contributed by atoms with Crippen LogP contribution in [-0.4, -0.2) is 45.0 Å². The second-order valence-corrected chi connectivity index (χ2v) is 5.74. The van der Waals surface area contributed by atoms with Crippen molar-refractivity contribution in [3.63, 3.8) is 0 Å². The Bertz CT molecular complexity index is 1000. The van der Waals surface area contributed by atoms with Crippen LogP contribution in [0.2, 0.25) is 0 Å². The van der Waals surface area contributed by atoms with E-state index in [0.717, 1.165) is 11.3 Å². The Morgan fingerprint density at radius 1 is 1.16 bits per heavy atom. The Hall–Kier alpha value is -3.40. The molecule has 0 spiro atoms. The van der Waals surface area contributed by atoms with E-state index in [1.165, 1.54) is 19.5 Å². The zero-order chi connectivity index (χ0) is 18.0.